The van der Waals surface area contributed by atoms with Crippen LogP contribution in [0.3, 0.4) is 0 Å². The molecule has 0 saturated carbocycles. The molecule has 27 heavy (non-hydrogen) atoms. The lowest BCUT2D eigenvalue weighted by atomic mass is 9.50. The van der Waals surface area contributed by atoms with Crippen molar-refractivity contribution in [3.05, 3.63) is 40.7 Å². The van der Waals surface area contributed by atoms with E-state index in [-0.39, 0.29) is 17.9 Å². The molecule has 5 nitrogen and oxygen atoms in total. The second-order valence-electron chi connectivity index (χ2n) is 8.98. The number of hydrogen-bond donors (Lipinski definition) is 1. The maximum atomic E-state index is 12.3. The zero-order chi connectivity index (χ0) is 19.1. The standard InChI is InChI=1S/C22H27NO4/c1-12(2)20(24)26-15-7-8-22(25)16-11-14-6-5-13(3)18-17(14)21(22,19(15)27-18)9-10-23(16)4/h5-7,12,16,19,25H,8-11H2,1-4H3/t16-,19+,21+,22-/m1/s1. The molecule has 0 unspecified atom stereocenters. The largest absolute Gasteiger partial charge is 0.481 e. The summed E-state index contributed by atoms with van der Waals surface area (Å²) in [6.45, 7) is 6.61. The van der Waals surface area contributed by atoms with Gasteiger partial charge in [0.1, 0.15) is 11.5 Å². The summed E-state index contributed by atoms with van der Waals surface area (Å²) < 4.78 is 12.3. The second kappa shape index (κ2) is 5.36. The Labute approximate surface area is 160 Å². The van der Waals surface area contributed by atoms with Gasteiger partial charge in [-0.15, -0.1) is 0 Å². The Morgan fingerprint density at radius 3 is 2.93 bits per heavy atom. The molecule has 2 aliphatic carbocycles. The number of likely N-dealkylation sites (tertiary alicyclic amines) is 1. The highest BCUT2D eigenvalue weighted by molar-refractivity contribution is 5.73. The van der Waals surface area contributed by atoms with Gasteiger partial charge in [0.15, 0.2) is 6.10 Å². The van der Waals surface area contributed by atoms with E-state index in [1.165, 1.54) is 5.56 Å². The fraction of sp³-hybridized carbons (Fsp3) is 0.591. The Balaban J connectivity index is 1.72. The third-order valence-corrected chi connectivity index (χ3v) is 7.26. The topological polar surface area (TPSA) is 59.0 Å². The van der Waals surface area contributed by atoms with Crippen LogP contribution in [0.5, 0.6) is 5.75 Å². The van der Waals surface area contributed by atoms with Gasteiger partial charge >= 0.3 is 5.97 Å². The van der Waals surface area contributed by atoms with Gasteiger partial charge in [-0.2, -0.15) is 0 Å². The number of likely N-dealkylation sites (N-methyl/N-ethyl adjacent to an activating group) is 1. The highest BCUT2D eigenvalue weighted by atomic mass is 16.6. The van der Waals surface area contributed by atoms with E-state index in [2.05, 4.69) is 24.1 Å². The zero-order valence-electron chi connectivity index (χ0n) is 16.4. The summed E-state index contributed by atoms with van der Waals surface area (Å²) in [5.74, 6) is 0.999. The summed E-state index contributed by atoms with van der Waals surface area (Å²) in [7, 11) is 2.10. The van der Waals surface area contributed by atoms with Gasteiger partial charge in [0.25, 0.3) is 0 Å². The fourth-order valence-corrected chi connectivity index (χ4v) is 5.82. The summed E-state index contributed by atoms with van der Waals surface area (Å²) in [6, 6.07) is 4.33. The van der Waals surface area contributed by atoms with Gasteiger partial charge in [-0.3, -0.25) is 4.79 Å². The highest BCUT2D eigenvalue weighted by Crippen LogP contribution is 2.64. The van der Waals surface area contributed by atoms with Crippen LogP contribution in [-0.2, 0) is 21.4 Å². The summed E-state index contributed by atoms with van der Waals surface area (Å²) in [4.78, 5) is 14.6. The van der Waals surface area contributed by atoms with Crippen LogP contribution in [0.4, 0.5) is 0 Å². The molecule has 4 atom stereocenters. The zero-order valence-corrected chi connectivity index (χ0v) is 16.4. The van der Waals surface area contributed by atoms with Gasteiger partial charge in [-0.25, -0.2) is 0 Å². The van der Waals surface area contributed by atoms with Crippen LogP contribution in [0, 0.1) is 12.8 Å². The Morgan fingerprint density at radius 1 is 1.41 bits per heavy atom. The molecular formula is C22H27NO4. The molecule has 2 bridgehead atoms. The van der Waals surface area contributed by atoms with E-state index in [9.17, 15) is 9.90 Å². The summed E-state index contributed by atoms with van der Waals surface area (Å²) >= 11 is 0. The second-order valence-corrected chi connectivity index (χ2v) is 8.98. The average molecular weight is 369 g/mol. The number of ether oxygens (including phenoxy) is 2. The molecular weight excluding hydrogens is 342 g/mol. The number of rotatable bonds is 2. The summed E-state index contributed by atoms with van der Waals surface area (Å²) in [5, 5.41) is 12.0. The first-order valence-corrected chi connectivity index (χ1v) is 9.93. The molecule has 2 heterocycles. The molecule has 0 amide bonds. The highest BCUT2D eigenvalue weighted by Gasteiger charge is 2.71. The predicted molar refractivity (Wildman–Crippen MR) is 101 cm³/mol. The van der Waals surface area contributed by atoms with Crippen LogP contribution in [-0.4, -0.2) is 47.3 Å². The first-order valence-electron chi connectivity index (χ1n) is 9.93. The molecule has 0 radical (unpaired) electrons. The lowest BCUT2D eigenvalue weighted by molar-refractivity contribution is -0.170. The van der Waals surface area contributed by atoms with Crippen molar-refractivity contribution in [2.75, 3.05) is 13.6 Å². The molecule has 1 fully saturated rings. The molecule has 1 aromatic carbocycles. The van der Waals surface area contributed by atoms with E-state index in [0.717, 1.165) is 36.3 Å². The first-order chi connectivity index (χ1) is 12.8. The molecule has 5 heteroatoms. The fourth-order valence-electron chi connectivity index (χ4n) is 5.82. The van der Waals surface area contributed by atoms with Crippen molar-refractivity contribution < 1.29 is 19.4 Å². The number of esters is 1. The minimum Gasteiger partial charge on any atom is -0.481 e. The molecule has 1 spiro atoms. The lowest BCUT2D eigenvalue weighted by Gasteiger charge is -2.61. The molecule has 144 valence electrons. The summed E-state index contributed by atoms with van der Waals surface area (Å²) in [6.07, 6.45) is 3.55. The molecule has 1 aromatic rings. The lowest BCUT2D eigenvalue weighted by Crippen LogP contribution is -2.74. The first kappa shape index (κ1) is 17.3. The predicted octanol–water partition coefficient (Wildman–Crippen LogP) is 2.47. The SMILES string of the molecule is Cc1ccc2c3c1O[C@H]1C(OC(=O)C(C)C)=CC[C@@]4(O)[C@@H](C2)N(C)CC[C@]314. The minimum absolute atomic E-state index is 0.0390. The number of piperidine rings is 1. The molecule has 2 aliphatic heterocycles. The molecule has 1 saturated heterocycles. The van der Waals surface area contributed by atoms with Gasteiger partial charge in [0.2, 0.25) is 0 Å². The van der Waals surface area contributed by atoms with Crippen molar-refractivity contribution in [2.24, 2.45) is 5.92 Å². The quantitative estimate of drug-likeness (QED) is 0.812. The van der Waals surface area contributed by atoms with Crippen LogP contribution >= 0.6 is 0 Å². The van der Waals surface area contributed by atoms with Gasteiger partial charge in [-0.1, -0.05) is 26.0 Å². The van der Waals surface area contributed by atoms with Gasteiger partial charge in [-0.05, 0) is 50.6 Å². The number of carbonyl (C=O) groups excluding carboxylic acids is 1. The average Bonchev–Trinajstić information content (AvgIpc) is 2.98. The Hall–Kier alpha value is -1.85. The molecule has 4 aliphatic rings. The van der Waals surface area contributed by atoms with E-state index in [1.807, 2.05) is 26.8 Å². The number of hydrogen-bond acceptors (Lipinski definition) is 5. The van der Waals surface area contributed by atoms with E-state index in [4.69, 9.17) is 9.47 Å². The number of benzene rings is 1. The van der Waals surface area contributed by atoms with Gasteiger partial charge in [0.05, 0.1) is 16.9 Å². The van der Waals surface area contributed by atoms with E-state index in [0.29, 0.717) is 12.2 Å². The van der Waals surface area contributed by atoms with Crippen LogP contribution in [0.1, 0.15) is 43.4 Å². The third-order valence-electron chi connectivity index (χ3n) is 7.26. The minimum atomic E-state index is -0.912. The summed E-state index contributed by atoms with van der Waals surface area (Å²) in [5.41, 5.74) is 2.04. The van der Waals surface area contributed by atoms with Crippen LogP contribution in [0.15, 0.2) is 24.0 Å². The van der Waals surface area contributed by atoms with Crippen molar-refractivity contribution in [1.29, 1.82) is 0 Å². The third kappa shape index (κ3) is 1.94. The van der Waals surface area contributed by atoms with E-state index >= 15 is 0 Å². The maximum Gasteiger partial charge on any atom is 0.313 e. The van der Waals surface area contributed by atoms with E-state index < -0.39 is 17.1 Å². The monoisotopic (exact) mass is 369 g/mol. The Bertz CT molecular complexity index is 875. The van der Waals surface area contributed by atoms with Crippen molar-refractivity contribution >= 4 is 5.97 Å². The number of nitrogens with zero attached hydrogens (tertiary/aromatic N) is 1. The Kier molecular flexibility index (Phi) is 3.43. The van der Waals surface area contributed by atoms with Crippen LogP contribution in [0.25, 0.3) is 0 Å². The van der Waals surface area contributed by atoms with Crippen molar-refractivity contribution in [2.45, 2.75) is 63.2 Å². The number of aryl methyl sites for hydroxylation is 1. The molecule has 5 rings (SSSR count). The van der Waals surface area contributed by atoms with Crippen molar-refractivity contribution in [3.8, 4) is 5.75 Å². The van der Waals surface area contributed by atoms with Crippen molar-refractivity contribution in [1.82, 2.24) is 4.90 Å². The number of aliphatic hydroxyl groups is 1. The molecule has 1 N–H and O–H groups in total. The van der Waals surface area contributed by atoms with Gasteiger partial charge < -0.3 is 19.5 Å². The van der Waals surface area contributed by atoms with Crippen LogP contribution < -0.4 is 4.74 Å². The van der Waals surface area contributed by atoms with Gasteiger partial charge in [0, 0.05) is 18.0 Å². The van der Waals surface area contributed by atoms with Crippen molar-refractivity contribution in [3.63, 3.8) is 0 Å². The number of carbonyl (C=O) groups is 1. The Morgan fingerprint density at radius 2 is 2.19 bits per heavy atom. The smallest absolute Gasteiger partial charge is 0.313 e. The maximum absolute atomic E-state index is 12.3. The normalized spacial score (nSPS) is 36.1. The molecule has 0 aromatic heterocycles. The van der Waals surface area contributed by atoms with Crippen LogP contribution in [0.2, 0.25) is 0 Å². The van der Waals surface area contributed by atoms with E-state index in [1.54, 1.807) is 0 Å².